The molecule has 322 valence electrons. The van der Waals surface area contributed by atoms with Crippen LogP contribution in [-0.2, 0) is 62.0 Å². The van der Waals surface area contributed by atoms with Gasteiger partial charge in [-0.3, -0.25) is 28.8 Å². The molecule has 0 aromatic rings. The predicted octanol–water partition coefficient (Wildman–Crippen LogP) is 6.19. The second kappa shape index (κ2) is 15.0. The highest BCUT2D eigenvalue weighted by Gasteiger charge is 2.71. The number of rotatable bonds is 7. The number of carbonyl (C=O) groups excluding carboxylic acids is 7. The molecule has 0 N–H and O–H groups in total. The van der Waals surface area contributed by atoms with Gasteiger partial charge in [-0.15, -0.1) is 0 Å². The van der Waals surface area contributed by atoms with Gasteiger partial charge in [0, 0.05) is 44.4 Å². The Bertz CT molecular complexity index is 1960. The van der Waals surface area contributed by atoms with E-state index in [0.717, 1.165) is 32.8 Å². The molecule has 0 aromatic carbocycles. The lowest BCUT2D eigenvalue weighted by Gasteiger charge is -2.69. The lowest BCUT2D eigenvalue weighted by Crippen LogP contribution is -2.67. The Labute approximate surface area is 346 Å². The van der Waals surface area contributed by atoms with Gasteiger partial charge in [-0.2, -0.15) is 0 Å². The van der Waals surface area contributed by atoms with Gasteiger partial charge < -0.3 is 33.2 Å². The van der Waals surface area contributed by atoms with Crippen molar-refractivity contribution in [3.63, 3.8) is 0 Å². The Morgan fingerprint density at radius 2 is 1.37 bits per heavy atom. The van der Waals surface area contributed by atoms with Gasteiger partial charge in [0.1, 0.15) is 12.7 Å². The Balaban J connectivity index is 1.42. The molecule has 0 amide bonds. The Morgan fingerprint density at radius 1 is 0.780 bits per heavy atom. The van der Waals surface area contributed by atoms with Crippen LogP contribution in [0.15, 0.2) is 23.4 Å². The highest BCUT2D eigenvalue weighted by Crippen LogP contribution is 2.74. The molecule has 3 saturated carbocycles. The molecule has 1 aliphatic heterocycles. The summed E-state index contributed by atoms with van der Waals surface area (Å²) in [5.41, 5.74) is -3.03. The van der Waals surface area contributed by atoms with Crippen LogP contribution in [0.1, 0.15) is 121 Å². The third-order valence-electron chi connectivity index (χ3n) is 15.4. The molecule has 6 rings (SSSR count). The number of Topliss-reactive ketones (excluding diaryl/α,β-unsaturated/α-hetero) is 1. The summed E-state index contributed by atoms with van der Waals surface area (Å²) in [6.07, 6.45) is -0.0567. The summed E-state index contributed by atoms with van der Waals surface area (Å²) < 4.78 is 34.4. The van der Waals surface area contributed by atoms with E-state index >= 15 is 9.59 Å². The zero-order valence-corrected chi connectivity index (χ0v) is 36.2. The Kier molecular flexibility index (Phi) is 11.2. The number of hydrogen-bond donors (Lipinski definition) is 0. The van der Waals surface area contributed by atoms with E-state index in [1.807, 2.05) is 13.8 Å². The van der Waals surface area contributed by atoms with E-state index in [0.29, 0.717) is 38.5 Å². The van der Waals surface area contributed by atoms with Crippen molar-refractivity contribution in [2.75, 3.05) is 6.61 Å². The van der Waals surface area contributed by atoms with Gasteiger partial charge in [0.25, 0.3) is 0 Å². The number of nitrogens with zero attached hydrogens (tertiary/aromatic N) is 1. The zero-order chi connectivity index (χ0) is 43.8. The average molecular weight is 822 g/mol. The van der Waals surface area contributed by atoms with Gasteiger partial charge in [-0.1, -0.05) is 60.1 Å². The highest BCUT2D eigenvalue weighted by atomic mass is 16.7. The fourth-order valence-corrected chi connectivity index (χ4v) is 12.5. The van der Waals surface area contributed by atoms with Crippen LogP contribution in [-0.4, -0.2) is 78.7 Å². The minimum atomic E-state index is -1.69. The summed E-state index contributed by atoms with van der Waals surface area (Å²) in [6.45, 7) is 26.5. The van der Waals surface area contributed by atoms with Crippen LogP contribution in [0, 0.1) is 56.8 Å². The molecule has 0 radical (unpaired) electrons. The summed E-state index contributed by atoms with van der Waals surface area (Å²) in [6, 6.07) is 0. The molecule has 0 bridgehead atoms. The first-order valence-electron chi connectivity index (χ1n) is 20.7. The van der Waals surface area contributed by atoms with Crippen LogP contribution in [0.3, 0.4) is 0 Å². The number of allylic oxidation sites excluding steroid dienone is 4. The van der Waals surface area contributed by atoms with Gasteiger partial charge in [0.05, 0.1) is 12.0 Å². The number of esters is 5. The first kappa shape index (κ1) is 44.2. The van der Waals surface area contributed by atoms with Gasteiger partial charge >= 0.3 is 29.8 Å². The summed E-state index contributed by atoms with van der Waals surface area (Å²) in [5.74, 6) is -5.22. The normalized spacial score (nSPS) is 40.4. The SMILES string of the molecule is [C-]#[N+]C1=C[C@]2(C)C3=CC(=O)C4C5CC(C)(C)CC[C@]5(C(=O)OC5O[C@H](COC(C)=O)[C@H](OC(C)=O)[C@H](OC(C)=O)[C@H]5OC(C)=O)CC[C@@]4(C)[C@]3(C)CC[C@H]2C(C)(C)C1=O. The van der Waals surface area contributed by atoms with E-state index in [4.69, 9.17) is 35.0 Å². The molecule has 5 aliphatic carbocycles. The van der Waals surface area contributed by atoms with E-state index in [9.17, 15) is 24.0 Å². The van der Waals surface area contributed by atoms with Gasteiger partial charge in [0.2, 0.25) is 18.1 Å². The van der Waals surface area contributed by atoms with E-state index in [-0.39, 0.29) is 28.6 Å². The smallest absolute Gasteiger partial charge is 0.314 e. The van der Waals surface area contributed by atoms with Crippen molar-refractivity contribution >= 4 is 41.4 Å². The van der Waals surface area contributed by atoms with Crippen LogP contribution in [0.2, 0.25) is 0 Å². The molecule has 6 aliphatic rings. The van der Waals surface area contributed by atoms with E-state index in [1.165, 1.54) is 6.92 Å². The number of carbonyl (C=O) groups is 7. The van der Waals surface area contributed by atoms with Crippen molar-refractivity contribution < 1.29 is 62.0 Å². The van der Waals surface area contributed by atoms with Crippen LogP contribution in [0.5, 0.6) is 0 Å². The van der Waals surface area contributed by atoms with E-state index < -0.39 is 106 Å². The lowest BCUT2D eigenvalue weighted by molar-refractivity contribution is -0.305. The van der Waals surface area contributed by atoms with Crippen molar-refractivity contribution in [3.05, 3.63) is 34.8 Å². The molecule has 1 heterocycles. The van der Waals surface area contributed by atoms with Gasteiger partial charge in [0.15, 0.2) is 23.8 Å². The Morgan fingerprint density at radius 3 is 1.97 bits per heavy atom. The Hall–Kier alpha value is -4.38. The van der Waals surface area contributed by atoms with E-state index in [2.05, 4.69) is 39.5 Å². The molecule has 14 nitrogen and oxygen atoms in total. The van der Waals surface area contributed by atoms with Crippen LogP contribution in [0.25, 0.3) is 4.85 Å². The fraction of sp³-hybridized carbons (Fsp3) is 0.733. The number of ether oxygens (including phenoxy) is 6. The van der Waals surface area contributed by atoms with E-state index in [1.54, 1.807) is 12.2 Å². The maximum Gasteiger partial charge on any atom is 0.314 e. The molecule has 59 heavy (non-hydrogen) atoms. The van der Waals surface area contributed by atoms with Crippen molar-refractivity contribution in [1.82, 2.24) is 0 Å². The molecule has 4 fully saturated rings. The summed E-state index contributed by atoms with van der Waals surface area (Å²) in [5, 5.41) is 0. The second-order valence-corrected chi connectivity index (χ2v) is 19.9. The van der Waals surface area contributed by atoms with Crippen molar-refractivity contribution in [2.45, 2.75) is 152 Å². The molecule has 12 atom stereocenters. The minimum absolute atomic E-state index is 0.0961. The maximum atomic E-state index is 15.2. The van der Waals surface area contributed by atoms with Crippen LogP contribution in [0.4, 0.5) is 0 Å². The second-order valence-electron chi connectivity index (χ2n) is 19.9. The molecule has 1 saturated heterocycles. The fourth-order valence-electron chi connectivity index (χ4n) is 12.5. The predicted molar refractivity (Wildman–Crippen MR) is 208 cm³/mol. The maximum absolute atomic E-state index is 15.2. The molecule has 0 spiro atoms. The monoisotopic (exact) mass is 821 g/mol. The molecule has 3 unspecified atom stereocenters. The molecular weight excluding hydrogens is 762 g/mol. The average Bonchev–Trinajstić information content (AvgIpc) is 3.11. The van der Waals surface area contributed by atoms with Crippen molar-refractivity contribution in [2.24, 2.45) is 50.2 Å². The number of ketones is 2. The summed E-state index contributed by atoms with van der Waals surface area (Å²) in [7, 11) is 0. The number of fused-ring (bicyclic) bond motifs is 7. The zero-order valence-electron chi connectivity index (χ0n) is 36.2. The molecule has 14 heteroatoms. The van der Waals surface area contributed by atoms with Gasteiger partial charge in [-0.25, -0.2) is 4.85 Å². The minimum Gasteiger partial charge on any atom is -0.463 e. The number of hydrogen-bond acceptors (Lipinski definition) is 13. The van der Waals surface area contributed by atoms with Crippen molar-refractivity contribution in [3.8, 4) is 0 Å². The quantitative estimate of drug-likeness (QED) is 0.162. The largest absolute Gasteiger partial charge is 0.463 e. The first-order valence-corrected chi connectivity index (χ1v) is 20.7. The van der Waals surface area contributed by atoms with Crippen LogP contribution < -0.4 is 0 Å². The van der Waals surface area contributed by atoms with Crippen molar-refractivity contribution in [1.29, 1.82) is 0 Å². The standard InChI is InChI=1S/C45H59NO13/c1-23(47)54-22-30-34(55-24(2)48)35(56-25(3)49)36(57-26(4)50)38(58-30)59-39(53)45-17-15-40(5,6)20-27(45)33-29(51)19-32-42(9)21-28(46-12)37(52)41(7,8)31(42)13-14-43(32,10)44(33,11)16-18-45/h19,21,27,30-31,33-36,38H,13-18,20,22H2,1-11H3/t27?,30-,31+,33?,34+,35+,36-,38?,42+,43-,44-,45+/m1/s1. The third-order valence-corrected chi connectivity index (χ3v) is 15.4. The third kappa shape index (κ3) is 7.12. The lowest BCUT2D eigenvalue weighted by atomic mass is 9.34. The first-order chi connectivity index (χ1) is 27.3. The van der Waals surface area contributed by atoms with Gasteiger partial charge in [-0.05, 0) is 79.1 Å². The summed E-state index contributed by atoms with van der Waals surface area (Å²) >= 11 is 0. The summed E-state index contributed by atoms with van der Waals surface area (Å²) in [4.78, 5) is 96.6. The topological polar surface area (TPSA) is 179 Å². The highest BCUT2D eigenvalue weighted by molar-refractivity contribution is 6.03. The molecule has 0 aromatic heterocycles. The molecular formula is C45H59NO13. The van der Waals surface area contributed by atoms with Crippen LogP contribution >= 0.6 is 0 Å².